The van der Waals surface area contributed by atoms with Crippen LogP contribution < -0.4 is 16.0 Å². The Morgan fingerprint density at radius 3 is 2.57 bits per heavy atom. The molecule has 0 spiro atoms. The van der Waals surface area contributed by atoms with Crippen molar-refractivity contribution in [3.8, 4) is 0 Å². The highest BCUT2D eigenvalue weighted by Gasteiger charge is 2.20. The molecule has 0 bridgehead atoms. The molecule has 1 fully saturated rings. The minimum absolute atomic E-state index is 0. The average molecular weight is 340 g/mol. The lowest BCUT2D eigenvalue weighted by molar-refractivity contribution is -0.115. The Labute approximate surface area is 144 Å². The van der Waals surface area contributed by atoms with Crippen molar-refractivity contribution in [3.05, 3.63) is 29.3 Å². The lowest BCUT2D eigenvalue weighted by Gasteiger charge is -2.12. The van der Waals surface area contributed by atoms with Gasteiger partial charge in [0.05, 0.1) is 6.54 Å². The molecule has 0 saturated heterocycles. The number of carbonyl (C=O) groups is 2. The van der Waals surface area contributed by atoms with Crippen molar-refractivity contribution < 1.29 is 9.59 Å². The van der Waals surface area contributed by atoms with E-state index < -0.39 is 0 Å². The van der Waals surface area contributed by atoms with E-state index in [9.17, 15) is 9.59 Å². The third-order valence-electron chi connectivity index (χ3n) is 3.60. The van der Waals surface area contributed by atoms with Gasteiger partial charge in [-0.2, -0.15) is 0 Å². The normalized spacial score (nSPS) is 13.4. The van der Waals surface area contributed by atoms with Crippen LogP contribution in [-0.2, 0) is 4.79 Å². The molecule has 6 heteroatoms. The maximum absolute atomic E-state index is 12.1. The highest BCUT2D eigenvalue weighted by atomic mass is 35.5. The molecule has 128 valence electrons. The molecule has 2 rings (SSSR count). The average Bonchev–Trinajstić information content (AvgIpc) is 3.24. The van der Waals surface area contributed by atoms with E-state index in [1.807, 2.05) is 32.9 Å². The predicted octanol–water partition coefficient (Wildman–Crippen LogP) is 2.49. The van der Waals surface area contributed by atoms with Crippen LogP contribution in [0.5, 0.6) is 0 Å². The van der Waals surface area contributed by atoms with Gasteiger partial charge in [-0.1, -0.05) is 6.07 Å². The molecule has 1 aromatic carbocycles. The first-order valence-corrected chi connectivity index (χ1v) is 7.88. The number of hydrogen-bond acceptors (Lipinski definition) is 3. The molecule has 0 aromatic heterocycles. The Kier molecular flexibility index (Phi) is 7.52. The van der Waals surface area contributed by atoms with E-state index >= 15 is 0 Å². The van der Waals surface area contributed by atoms with Crippen molar-refractivity contribution in [1.29, 1.82) is 0 Å². The summed E-state index contributed by atoms with van der Waals surface area (Å²) < 4.78 is 0. The Bertz CT molecular complexity index is 557. The van der Waals surface area contributed by atoms with Crippen LogP contribution in [0, 0.1) is 12.8 Å². The SMILES string of the molecule is Cc1ccc(NC(=O)CNCC2CC2)cc1C(=O)NC(C)C.Cl. The van der Waals surface area contributed by atoms with E-state index in [-0.39, 0.29) is 30.3 Å². The first-order chi connectivity index (χ1) is 10.5. The van der Waals surface area contributed by atoms with Crippen LogP contribution in [-0.4, -0.2) is 30.9 Å². The predicted molar refractivity (Wildman–Crippen MR) is 95.3 cm³/mol. The summed E-state index contributed by atoms with van der Waals surface area (Å²) in [6.45, 7) is 6.94. The summed E-state index contributed by atoms with van der Waals surface area (Å²) in [5.74, 6) is 0.550. The summed E-state index contributed by atoms with van der Waals surface area (Å²) in [6, 6.07) is 5.48. The number of benzene rings is 1. The lowest BCUT2D eigenvalue weighted by atomic mass is 10.1. The molecule has 0 aliphatic heterocycles. The molecule has 2 amide bonds. The van der Waals surface area contributed by atoms with Gasteiger partial charge in [0.1, 0.15) is 0 Å². The molecule has 0 unspecified atom stereocenters. The molecule has 0 atom stereocenters. The minimum Gasteiger partial charge on any atom is -0.350 e. The molecular formula is C17H26ClN3O2. The van der Waals surface area contributed by atoms with Crippen molar-refractivity contribution in [3.63, 3.8) is 0 Å². The van der Waals surface area contributed by atoms with Gasteiger partial charge in [0.2, 0.25) is 5.91 Å². The van der Waals surface area contributed by atoms with Crippen LogP contribution in [0.25, 0.3) is 0 Å². The van der Waals surface area contributed by atoms with Gasteiger partial charge in [-0.25, -0.2) is 0 Å². The van der Waals surface area contributed by atoms with Crippen LogP contribution >= 0.6 is 12.4 Å². The smallest absolute Gasteiger partial charge is 0.251 e. The van der Waals surface area contributed by atoms with Crippen LogP contribution in [0.4, 0.5) is 5.69 Å². The molecule has 1 saturated carbocycles. The van der Waals surface area contributed by atoms with E-state index in [2.05, 4.69) is 16.0 Å². The standard InChI is InChI=1S/C17H25N3O2.ClH/c1-11(2)19-17(22)15-8-14(7-4-12(15)3)20-16(21)10-18-9-13-5-6-13;/h4,7-8,11,13,18H,5-6,9-10H2,1-3H3,(H,19,22)(H,20,21);1H. The first-order valence-electron chi connectivity index (χ1n) is 7.88. The van der Waals surface area contributed by atoms with Gasteiger partial charge in [0.25, 0.3) is 5.91 Å². The third-order valence-corrected chi connectivity index (χ3v) is 3.60. The summed E-state index contributed by atoms with van der Waals surface area (Å²) in [6.07, 6.45) is 2.53. The maximum atomic E-state index is 12.1. The summed E-state index contributed by atoms with van der Waals surface area (Å²) >= 11 is 0. The van der Waals surface area contributed by atoms with Gasteiger partial charge in [0.15, 0.2) is 0 Å². The Morgan fingerprint density at radius 1 is 1.26 bits per heavy atom. The highest BCUT2D eigenvalue weighted by molar-refractivity contribution is 5.98. The second-order valence-electron chi connectivity index (χ2n) is 6.28. The molecule has 23 heavy (non-hydrogen) atoms. The fraction of sp³-hybridized carbons (Fsp3) is 0.529. The molecule has 0 heterocycles. The molecule has 5 nitrogen and oxygen atoms in total. The van der Waals surface area contributed by atoms with Crippen LogP contribution in [0.15, 0.2) is 18.2 Å². The molecule has 3 N–H and O–H groups in total. The van der Waals surface area contributed by atoms with E-state index in [1.54, 1.807) is 6.07 Å². The van der Waals surface area contributed by atoms with Gasteiger partial charge in [0, 0.05) is 17.3 Å². The fourth-order valence-corrected chi connectivity index (χ4v) is 2.20. The largest absolute Gasteiger partial charge is 0.350 e. The monoisotopic (exact) mass is 339 g/mol. The Hall–Kier alpha value is -1.59. The molecule has 1 aliphatic rings. The summed E-state index contributed by atoms with van der Waals surface area (Å²) in [5.41, 5.74) is 2.14. The summed E-state index contributed by atoms with van der Waals surface area (Å²) in [5, 5.41) is 8.85. The van der Waals surface area contributed by atoms with Crippen molar-refractivity contribution in [2.45, 2.75) is 39.7 Å². The lowest BCUT2D eigenvalue weighted by Crippen LogP contribution is -2.31. The van der Waals surface area contributed by atoms with Crippen LogP contribution in [0.3, 0.4) is 0 Å². The highest BCUT2D eigenvalue weighted by Crippen LogP contribution is 2.27. The number of carbonyl (C=O) groups excluding carboxylic acids is 2. The number of anilines is 1. The van der Waals surface area contributed by atoms with Crippen molar-refractivity contribution in [1.82, 2.24) is 10.6 Å². The number of rotatable bonds is 7. The van der Waals surface area contributed by atoms with Gasteiger partial charge >= 0.3 is 0 Å². The van der Waals surface area contributed by atoms with E-state index in [0.717, 1.165) is 18.0 Å². The van der Waals surface area contributed by atoms with Crippen molar-refractivity contribution >= 4 is 29.9 Å². The van der Waals surface area contributed by atoms with Crippen molar-refractivity contribution in [2.75, 3.05) is 18.4 Å². The topological polar surface area (TPSA) is 70.2 Å². The second-order valence-corrected chi connectivity index (χ2v) is 6.28. The second kappa shape index (κ2) is 8.89. The molecule has 1 aliphatic carbocycles. The van der Waals surface area contributed by atoms with Gasteiger partial charge in [-0.05, 0) is 63.8 Å². The number of hydrogen-bond donors (Lipinski definition) is 3. The Morgan fingerprint density at radius 2 is 1.96 bits per heavy atom. The molecule has 1 aromatic rings. The third kappa shape index (κ3) is 6.59. The number of nitrogens with one attached hydrogen (secondary N) is 3. The first kappa shape index (κ1) is 19.5. The van der Waals surface area contributed by atoms with E-state index in [4.69, 9.17) is 0 Å². The van der Waals surface area contributed by atoms with Crippen LogP contribution in [0.1, 0.15) is 42.6 Å². The quantitative estimate of drug-likeness (QED) is 0.714. The number of halogens is 1. The van der Waals surface area contributed by atoms with Gasteiger partial charge < -0.3 is 16.0 Å². The molecular weight excluding hydrogens is 314 g/mol. The van der Waals surface area contributed by atoms with E-state index in [1.165, 1.54) is 12.8 Å². The maximum Gasteiger partial charge on any atom is 0.251 e. The zero-order valence-electron chi connectivity index (χ0n) is 13.9. The molecule has 0 radical (unpaired) electrons. The van der Waals surface area contributed by atoms with Gasteiger partial charge in [-0.15, -0.1) is 12.4 Å². The number of amides is 2. The Balaban J connectivity index is 0.00000264. The zero-order valence-corrected chi connectivity index (χ0v) is 14.8. The van der Waals surface area contributed by atoms with Gasteiger partial charge in [-0.3, -0.25) is 9.59 Å². The van der Waals surface area contributed by atoms with Crippen molar-refractivity contribution in [2.24, 2.45) is 5.92 Å². The fourth-order valence-electron chi connectivity index (χ4n) is 2.20. The minimum atomic E-state index is -0.115. The summed E-state index contributed by atoms with van der Waals surface area (Å²) in [7, 11) is 0. The zero-order chi connectivity index (χ0) is 16.1. The van der Waals surface area contributed by atoms with E-state index in [0.29, 0.717) is 17.8 Å². The summed E-state index contributed by atoms with van der Waals surface area (Å²) in [4.78, 5) is 24.0. The number of aryl methyl sites for hydroxylation is 1. The van der Waals surface area contributed by atoms with Crippen LogP contribution in [0.2, 0.25) is 0 Å².